The second kappa shape index (κ2) is 6.42. The highest BCUT2D eigenvalue weighted by Crippen LogP contribution is 2.23. The number of nitrogens with one attached hydrogen (secondary N) is 1. The minimum Gasteiger partial charge on any atom is -0.320 e. The number of anilines is 1. The van der Waals surface area contributed by atoms with E-state index in [1.807, 2.05) is 0 Å². The van der Waals surface area contributed by atoms with Gasteiger partial charge in [-0.1, -0.05) is 42.5 Å². The van der Waals surface area contributed by atoms with E-state index in [4.69, 9.17) is 0 Å². The standard InChI is InChI=1S/C15H12N2O4/c18-14(11-6-2-1-3-7-11)10-15(19)16-12-8-4-5-9-13(12)17(20)21/h1-9H,10H2,(H,16,19). The summed E-state index contributed by atoms with van der Waals surface area (Å²) in [6, 6.07) is 14.2. The van der Waals surface area contributed by atoms with Crippen molar-refractivity contribution in [3.05, 3.63) is 70.3 Å². The molecule has 0 spiro atoms. The number of nitro groups is 1. The molecule has 1 N–H and O–H groups in total. The molecule has 0 aliphatic rings. The Morgan fingerprint density at radius 3 is 2.29 bits per heavy atom. The fourth-order valence-electron chi connectivity index (χ4n) is 1.80. The van der Waals surface area contributed by atoms with E-state index >= 15 is 0 Å². The number of benzene rings is 2. The van der Waals surface area contributed by atoms with Gasteiger partial charge in [-0.15, -0.1) is 0 Å². The van der Waals surface area contributed by atoms with Gasteiger partial charge in [-0.3, -0.25) is 19.7 Å². The normalized spacial score (nSPS) is 9.90. The molecule has 2 aromatic rings. The molecule has 0 bridgehead atoms. The number of nitro benzene ring substituents is 1. The summed E-state index contributed by atoms with van der Waals surface area (Å²) in [5, 5.41) is 13.2. The van der Waals surface area contributed by atoms with Crippen molar-refractivity contribution in [3.63, 3.8) is 0 Å². The Bertz CT molecular complexity index is 683. The van der Waals surface area contributed by atoms with E-state index in [0.717, 1.165) is 0 Å². The van der Waals surface area contributed by atoms with Gasteiger partial charge >= 0.3 is 0 Å². The van der Waals surface area contributed by atoms with Gasteiger partial charge in [-0.05, 0) is 6.07 Å². The molecule has 1 amide bonds. The van der Waals surface area contributed by atoms with Crippen LogP contribution in [0.25, 0.3) is 0 Å². The summed E-state index contributed by atoms with van der Waals surface area (Å²) in [7, 11) is 0. The lowest BCUT2D eigenvalue weighted by Gasteiger charge is -2.05. The Morgan fingerprint density at radius 2 is 1.62 bits per heavy atom. The summed E-state index contributed by atoms with van der Waals surface area (Å²) in [6.45, 7) is 0. The quantitative estimate of drug-likeness (QED) is 0.395. The number of hydrogen-bond donors (Lipinski definition) is 1. The van der Waals surface area contributed by atoms with Gasteiger partial charge in [0.2, 0.25) is 5.91 Å². The minimum atomic E-state index is -0.589. The molecule has 0 radical (unpaired) electrons. The molecule has 0 aliphatic carbocycles. The second-order valence-electron chi connectivity index (χ2n) is 4.29. The van der Waals surface area contributed by atoms with Gasteiger partial charge < -0.3 is 5.32 Å². The van der Waals surface area contributed by atoms with Crippen molar-refractivity contribution in [2.45, 2.75) is 6.42 Å². The topological polar surface area (TPSA) is 89.3 Å². The van der Waals surface area contributed by atoms with Crippen LogP contribution in [0, 0.1) is 10.1 Å². The van der Waals surface area contributed by atoms with Crippen LogP contribution >= 0.6 is 0 Å². The number of hydrogen-bond acceptors (Lipinski definition) is 4. The van der Waals surface area contributed by atoms with Crippen LogP contribution in [0.15, 0.2) is 54.6 Å². The molecule has 21 heavy (non-hydrogen) atoms. The Balaban J connectivity index is 2.06. The minimum absolute atomic E-state index is 0.0772. The van der Waals surface area contributed by atoms with Crippen LogP contribution in [0.2, 0.25) is 0 Å². The molecule has 0 aliphatic heterocycles. The first-order valence-electron chi connectivity index (χ1n) is 6.19. The number of para-hydroxylation sites is 2. The Labute approximate surface area is 120 Å². The molecule has 106 valence electrons. The van der Waals surface area contributed by atoms with Gasteiger partial charge in [0.1, 0.15) is 5.69 Å². The maximum absolute atomic E-state index is 11.9. The molecule has 6 nitrogen and oxygen atoms in total. The first-order chi connectivity index (χ1) is 10.1. The third-order valence-corrected chi connectivity index (χ3v) is 2.79. The highest BCUT2D eigenvalue weighted by Gasteiger charge is 2.17. The number of amides is 1. The number of carbonyl (C=O) groups is 2. The number of Topliss-reactive ketones (excluding diaryl/α,β-unsaturated/α-hetero) is 1. The fraction of sp³-hybridized carbons (Fsp3) is 0.0667. The molecule has 0 atom stereocenters. The largest absolute Gasteiger partial charge is 0.320 e. The lowest BCUT2D eigenvalue weighted by atomic mass is 10.1. The van der Waals surface area contributed by atoms with Gasteiger partial charge in [-0.25, -0.2) is 0 Å². The summed E-state index contributed by atoms with van der Waals surface area (Å²) in [4.78, 5) is 33.9. The molecule has 0 aromatic heterocycles. The lowest BCUT2D eigenvalue weighted by molar-refractivity contribution is -0.383. The van der Waals surface area contributed by atoms with Crippen LogP contribution in [0.1, 0.15) is 16.8 Å². The molecule has 0 saturated heterocycles. The molecule has 2 aromatic carbocycles. The molecule has 6 heteroatoms. The van der Waals surface area contributed by atoms with E-state index in [-0.39, 0.29) is 23.6 Å². The Hall–Kier alpha value is -3.02. The van der Waals surface area contributed by atoms with Crippen molar-refractivity contribution in [2.75, 3.05) is 5.32 Å². The van der Waals surface area contributed by atoms with Crippen molar-refractivity contribution >= 4 is 23.1 Å². The highest BCUT2D eigenvalue weighted by atomic mass is 16.6. The van der Waals surface area contributed by atoms with Crippen LogP contribution in [-0.4, -0.2) is 16.6 Å². The van der Waals surface area contributed by atoms with Crippen LogP contribution < -0.4 is 5.32 Å². The molecule has 2 rings (SSSR count). The van der Waals surface area contributed by atoms with Crippen molar-refractivity contribution < 1.29 is 14.5 Å². The maximum Gasteiger partial charge on any atom is 0.292 e. The second-order valence-corrected chi connectivity index (χ2v) is 4.29. The molecule has 0 fully saturated rings. The molecule has 0 heterocycles. The SMILES string of the molecule is O=C(CC(=O)c1ccccc1)Nc1ccccc1[N+](=O)[O-]. The van der Waals surface area contributed by atoms with Gasteiger partial charge in [0.25, 0.3) is 5.69 Å². The number of ketones is 1. The van der Waals surface area contributed by atoms with Gasteiger partial charge in [0.05, 0.1) is 11.3 Å². The average molecular weight is 284 g/mol. The van der Waals surface area contributed by atoms with Crippen LogP contribution in [-0.2, 0) is 4.79 Å². The van der Waals surface area contributed by atoms with Gasteiger partial charge in [0.15, 0.2) is 5.78 Å². The Morgan fingerprint density at radius 1 is 1.00 bits per heavy atom. The summed E-state index contributed by atoms with van der Waals surface area (Å²) in [5.41, 5.74) is 0.293. The zero-order valence-corrected chi connectivity index (χ0v) is 11.0. The molecule has 0 unspecified atom stereocenters. The van der Waals surface area contributed by atoms with Crippen molar-refractivity contribution in [3.8, 4) is 0 Å². The van der Waals surface area contributed by atoms with E-state index < -0.39 is 10.8 Å². The predicted octanol–water partition coefficient (Wildman–Crippen LogP) is 2.81. The summed E-state index contributed by atoms with van der Waals surface area (Å²) in [6.07, 6.45) is -0.365. The summed E-state index contributed by atoms with van der Waals surface area (Å²) >= 11 is 0. The van der Waals surface area contributed by atoms with Crippen molar-refractivity contribution in [1.82, 2.24) is 0 Å². The third kappa shape index (κ3) is 3.73. The van der Waals surface area contributed by atoms with Crippen LogP contribution in [0.5, 0.6) is 0 Å². The van der Waals surface area contributed by atoms with Gasteiger partial charge in [-0.2, -0.15) is 0 Å². The predicted molar refractivity (Wildman–Crippen MR) is 77.1 cm³/mol. The van der Waals surface area contributed by atoms with Crippen molar-refractivity contribution in [1.29, 1.82) is 0 Å². The summed E-state index contributed by atoms with van der Waals surface area (Å²) in [5.74, 6) is -0.926. The smallest absolute Gasteiger partial charge is 0.292 e. The third-order valence-electron chi connectivity index (χ3n) is 2.79. The molecular weight excluding hydrogens is 272 g/mol. The first-order valence-corrected chi connectivity index (χ1v) is 6.19. The van der Waals surface area contributed by atoms with E-state index in [1.54, 1.807) is 36.4 Å². The van der Waals surface area contributed by atoms with E-state index in [1.165, 1.54) is 18.2 Å². The summed E-state index contributed by atoms with van der Waals surface area (Å²) < 4.78 is 0. The zero-order valence-electron chi connectivity index (χ0n) is 11.0. The van der Waals surface area contributed by atoms with Crippen molar-refractivity contribution in [2.24, 2.45) is 0 Å². The number of nitrogens with zero attached hydrogens (tertiary/aromatic N) is 1. The van der Waals surface area contributed by atoms with Crippen LogP contribution in [0.3, 0.4) is 0 Å². The van der Waals surface area contributed by atoms with Gasteiger partial charge in [0, 0.05) is 11.6 Å². The van der Waals surface area contributed by atoms with E-state index in [2.05, 4.69) is 5.32 Å². The monoisotopic (exact) mass is 284 g/mol. The lowest BCUT2D eigenvalue weighted by Crippen LogP contribution is -2.17. The fourth-order valence-corrected chi connectivity index (χ4v) is 1.80. The number of rotatable bonds is 5. The Kier molecular flexibility index (Phi) is 4.40. The zero-order chi connectivity index (χ0) is 15.2. The number of carbonyl (C=O) groups excluding carboxylic acids is 2. The van der Waals surface area contributed by atoms with E-state index in [0.29, 0.717) is 5.56 Å². The van der Waals surface area contributed by atoms with E-state index in [9.17, 15) is 19.7 Å². The molecule has 0 saturated carbocycles. The maximum atomic E-state index is 11.9. The highest BCUT2D eigenvalue weighted by molar-refractivity contribution is 6.11. The first kappa shape index (κ1) is 14.4. The van der Waals surface area contributed by atoms with Crippen LogP contribution in [0.4, 0.5) is 11.4 Å². The molecular formula is C15H12N2O4. The average Bonchev–Trinajstić information content (AvgIpc) is 2.48.